The van der Waals surface area contributed by atoms with Crippen molar-refractivity contribution in [1.29, 1.82) is 0 Å². The molecule has 20 heavy (non-hydrogen) atoms. The minimum Gasteiger partial charge on any atom is -0.383 e. The molecule has 0 spiro atoms. The Kier molecular flexibility index (Phi) is 5.80. The van der Waals surface area contributed by atoms with Gasteiger partial charge in [-0.2, -0.15) is 0 Å². The van der Waals surface area contributed by atoms with E-state index in [1.165, 1.54) is 12.8 Å². The molecule has 0 aliphatic carbocycles. The number of methoxy groups -OCH3 is 1. The van der Waals surface area contributed by atoms with E-state index in [1.807, 2.05) is 11.0 Å². The molecule has 1 amide bonds. The number of nitrogens with one attached hydrogen (secondary N) is 1. The topological polar surface area (TPSA) is 54.5 Å². The molecule has 0 saturated carbocycles. The van der Waals surface area contributed by atoms with Gasteiger partial charge in [-0.25, -0.2) is 0 Å². The summed E-state index contributed by atoms with van der Waals surface area (Å²) in [6.45, 7) is 3.06. The van der Waals surface area contributed by atoms with Crippen molar-refractivity contribution in [3.8, 4) is 0 Å². The molecule has 0 unspecified atom stereocenters. The van der Waals surface area contributed by atoms with E-state index in [1.54, 1.807) is 19.5 Å². The lowest BCUT2D eigenvalue weighted by Crippen LogP contribution is -2.31. The van der Waals surface area contributed by atoms with E-state index in [2.05, 4.69) is 10.3 Å². The van der Waals surface area contributed by atoms with E-state index in [0.29, 0.717) is 18.7 Å². The standard InChI is InChI=1S/C15H23N3O2/c1-20-9-6-17-14-10-13(11-16-12-14)15(19)18-7-4-2-3-5-8-18/h10-12,17H,2-9H2,1H3. The first-order chi connectivity index (χ1) is 9.81. The van der Waals surface area contributed by atoms with Crippen LogP contribution in [0.3, 0.4) is 0 Å². The van der Waals surface area contributed by atoms with Gasteiger partial charge in [-0.05, 0) is 18.9 Å². The van der Waals surface area contributed by atoms with Crippen LogP contribution in [0.15, 0.2) is 18.5 Å². The zero-order valence-corrected chi connectivity index (χ0v) is 12.1. The van der Waals surface area contributed by atoms with Crippen molar-refractivity contribution in [1.82, 2.24) is 9.88 Å². The average Bonchev–Trinajstić information content (AvgIpc) is 2.76. The van der Waals surface area contributed by atoms with Gasteiger partial charge in [0.15, 0.2) is 0 Å². The molecule has 1 N–H and O–H groups in total. The summed E-state index contributed by atoms with van der Waals surface area (Å²) in [6, 6.07) is 1.87. The van der Waals surface area contributed by atoms with Crippen LogP contribution >= 0.6 is 0 Å². The lowest BCUT2D eigenvalue weighted by molar-refractivity contribution is 0.0761. The van der Waals surface area contributed by atoms with Gasteiger partial charge in [0.05, 0.1) is 17.9 Å². The Bertz CT molecular complexity index is 429. The number of amides is 1. The zero-order valence-electron chi connectivity index (χ0n) is 12.1. The first-order valence-corrected chi connectivity index (χ1v) is 7.28. The SMILES string of the molecule is COCCNc1cncc(C(=O)N2CCCCCC2)c1. The second-order valence-electron chi connectivity index (χ2n) is 5.09. The van der Waals surface area contributed by atoms with Gasteiger partial charge < -0.3 is 15.0 Å². The van der Waals surface area contributed by atoms with Crippen molar-refractivity contribution in [2.75, 3.05) is 38.7 Å². The summed E-state index contributed by atoms with van der Waals surface area (Å²) in [5.41, 5.74) is 1.53. The fourth-order valence-electron chi connectivity index (χ4n) is 2.41. The number of hydrogen-bond acceptors (Lipinski definition) is 4. The highest BCUT2D eigenvalue weighted by Gasteiger charge is 2.17. The number of likely N-dealkylation sites (tertiary alicyclic amines) is 1. The number of aromatic nitrogens is 1. The molecule has 0 bridgehead atoms. The summed E-state index contributed by atoms with van der Waals surface area (Å²) >= 11 is 0. The van der Waals surface area contributed by atoms with Crippen molar-refractivity contribution >= 4 is 11.6 Å². The Balaban J connectivity index is 1.99. The molecular weight excluding hydrogens is 254 g/mol. The third-order valence-electron chi connectivity index (χ3n) is 3.51. The highest BCUT2D eigenvalue weighted by molar-refractivity contribution is 5.94. The van der Waals surface area contributed by atoms with E-state index < -0.39 is 0 Å². The quantitative estimate of drug-likeness (QED) is 0.838. The third kappa shape index (κ3) is 4.20. The molecule has 1 aliphatic rings. The van der Waals surface area contributed by atoms with E-state index in [0.717, 1.165) is 31.6 Å². The fourth-order valence-corrected chi connectivity index (χ4v) is 2.41. The second-order valence-corrected chi connectivity index (χ2v) is 5.09. The molecule has 1 aromatic rings. The molecule has 110 valence electrons. The minimum absolute atomic E-state index is 0.0924. The molecule has 2 rings (SSSR count). The number of carbonyl (C=O) groups is 1. The highest BCUT2D eigenvalue weighted by Crippen LogP contribution is 2.15. The zero-order chi connectivity index (χ0) is 14.2. The monoisotopic (exact) mass is 277 g/mol. The summed E-state index contributed by atoms with van der Waals surface area (Å²) in [7, 11) is 1.67. The molecule has 5 heteroatoms. The molecule has 5 nitrogen and oxygen atoms in total. The number of pyridine rings is 1. The third-order valence-corrected chi connectivity index (χ3v) is 3.51. The summed E-state index contributed by atoms with van der Waals surface area (Å²) in [5, 5.41) is 3.20. The van der Waals surface area contributed by atoms with Gasteiger partial charge in [0.25, 0.3) is 5.91 Å². The van der Waals surface area contributed by atoms with Crippen LogP contribution in [0.1, 0.15) is 36.0 Å². The Morgan fingerprint density at radius 1 is 1.30 bits per heavy atom. The normalized spacial score (nSPS) is 15.8. The minimum atomic E-state index is 0.0924. The maximum atomic E-state index is 12.5. The number of nitrogens with zero attached hydrogens (tertiary/aromatic N) is 2. The number of carbonyl (C=O) groups excluding carboxylic acids is 1. The summed E-state index contributed by atoms with van der Waals surface area (Å²) < 4.78 is 4.99. The van der Waals surface area contributed by atoms with Crippen LogP contribution in [0, 0.1) is 0 Å². The lowest BCUT2D eigenvalue weighted by Gasteiger charge is -2.20. The Hall–Kier alpha value is -1.62. The van der Waals surface area contributed by atoms with Crippen molar-refractivity contribution in [3.05, 3.63) is 24.0 Å². The number of hydrogen-bond donors (Lipinski definition) is 1. The van der Waals surface area contributed by atoms with E-state index in [4.69, 9.17) is 4.74 Å². The predicted molar refractivity (Wildman–Crippen MR) is 79.0 cm³/mol. The molecular formula is C15H23N3O2. The molecule has 2 heterocycles. The Labute approximate surface area is 120 Å². The first kappa shape index (κ1) is 14.8. The first-order valence-electron chi connectivity index (χ1n) is 7.28. The molecule has 1 fully saturated rings. The van der Waals surface area contributed by atoms with E-state index >= 15 is 0 Å². The van der Waals surface area contributed by atoms with Gasteiger partial charge in [-0.15, -0.1) is 0 Å². The van der Waals surface area contributed by atoms with Gasteiger partial charge in [0.2, 0.25) is 0 Å². The van der Waals surface area contributed by atoms with Gasteiger partial charge in [-0.1, -0.05) is 12.8 Å². The van der Waals surface area contributed by atoms with E-state index in [9.17, 15) is 4.79 Å². The molecule has 1 aromatic heterocycles. The molecule has 1 saturated heterocycles. The molecule has 1 aliphatic heterocycles. The number of ether oxygens (including phenoxy) is 1. The molecule has 0 atom stereocenters. The number of anilines is 1. The smallest absolute Gasteiger partial charge is 0.255 e. The van der Waals surface area contributed by atoms with Crippen molar-refractivity contribution in [2.45, 2.75) is 25.7 Å². The van der Waals surface area contributed by atoms with Crippen LogP contribution in [0.4, 0.5) is 5.69 Å². The average molecular weight is 277 g/mol. The maximum absolute atomic E-state index is 12.5. The predicted octanol–water partition coefficient (Wildman–Crippen LogP) is 2.16. The van der Waals surface area contributed by atoms with E-state index in [-0.39, 0.29) is 5.91 Å². The van der Waals surface area contributed by atoms with Crippen LogP contribution in [0.2, 0.25) is 0 Å². The van der Waals surface area contributed by atoms with Gasteiger partial charge >= 0.3 is 0 Å². The van der Waals surface area contributed by atoms with Crippen LogP contribution in [-0.4, -0.2) is 49.1 Å². The summed E-state index contributed by atoms with van der Waals surface area (Å²) in [4.78, 5) is 18.6. The number of rotatable bonds is 5. The Morgan fingerprint density at radius 3 is 2.75 bits per heavy atom. The summed E-state index contributed by atoms with van der Waals surface area (Å²) in [6.07, 6.45) is 8.03. The van der Waals surface area contributed by atoms with Crippen LogP contribution < -0.4 is 5.32 Å². The van der Waals surface area contributed by atoms with Crippen LogP contribution in [-0.2, 0) is 4.74 Å². The van der Waals surface area contributed by atoms with Gasteiger partial charge in [0.1, 0.15) is 0 Å². The van der Waals surface area contributed by atoms with Crippen molar-refractivity contribution < 1.29 is 9.53 Å². The summed E-state index contributed by atoms with van der Waals surface area (Å²) in [5.74, 6) is 0.0924. The highest BCUT2D eigenvalue weighted by atomic mass is 16.5. The fraction of sp³-hybridized carbons (Fsp3) is 0.600. The Morgan fingerprint density at radius 2 is 2.05 bits per heavy atom. The van der Waals surface area contributed by atoms with Crippen LogP contribution in [0.5, 0.6) is 0 Å². The van der Waals surface area contributed by atoms with Crippen molar-refractivity contribution in [2.24, 2.45) is 0 Å². The molecule has 0 radical (unpaired) electrons. The van der Waals surface area contributed by atoms with Gasteiger partial charge in [-0.3, -0.25) is 9.78 Å². The second kappa shape index (κ2) is 7.85. The largest absolute Gasteiger partial charge is 0.383 e. The lowest BCUT2D eigenvalue weighted by atomic mass is 10.2. The maximum Gasteiger partial charge on any atom is 0.255 e. The van der Waals surface area contributed by atoms with Gasteiger partial charge in [0, 0.05) is 39.1 Å². The van der Waals surface area contributed by atoms with Crippen molar-refractivity contribution in [3.63, 3.8) is 0 Å². The molecule has 0 aromatic carbocycles. The van der Waals surface area contributed by atoms with Crippen LogP contribution in [0.25, 0.3) is 0 Å².